The highest BCUT2D eigenvalue weighted by atomic mass is 32.2. The van der Waals surface area contributed by atoms with Gasteiger partial charge >= 0.3 is 6.18 Å². The lowest BCUT2D eigenvalue weighted by atomic mass is 10.2. The number of nitrogens with one attached hydrogen (secondary N) is 1. The van der Waals surface area contributed by atoms with Crippen molar-refractivity contribution >= 4 is 23.4 Å². The number of hydrogen-bond donors (Lipinski definition) is 1. The van der Waals surface area contributed by atoms with E-state index in [9.17, 15) is 18.0 Å². The third kappa shape index (κ3) is 4.56. The first-order valence-corrected chi connectivity index (χ1v) is 9.33. The molecule has 2 heterocycles. The van der Waals surface area contributed by atoms with Gasteiger partial charge in [0, 0.05) is 11.7 Å². The first kappa shape index (κ1) is 20.0. The van der Waals surface area contributed by atoms with Gasteiger partial charge in [-0.15, -0.1) is 10.2 Å². The fourth-order valence-corrected chi connectivity index (χ4v) is 3.38. The molecule has 0 fully saturated rings. The van der Waals surface area contributed by atoms with Crippen molar-refractivity contribution in [3.63, 3.8) is 0 Å². The van der Waals surface area contributed by atoms with Crippen LogP contribution in [0.1, 0.15) is 25.5 Å². The minimum absolute atomic E-state index is 0.0177. The van der Waals surface area contributed by atoms with Crippen LogP contribution in [0.3, 0.4) is 0 Å². The van der Waals surface area contributed by atoms with Crippen molar-refractivity contribution in [2.45, 2.75) is 31.2 Å². The molecule has 0 spiro atoms. The Hall–Kier alpha value is -2.75. The van der Waals surface area contributed by atoms with Crippen LogP contribution in [-0.4, -0.2) is 26.4 Å². The Morgan fingerprint density at radius 2 is 2.04 bits per heavy atom. The lowest BCUT2D eigenvalue weighted by Crippen LogP contribution is -2.15. The van der Waals surface area contributed by atoms with Crippen LogP contribution in [0, 0.1) is 0 Å². The van der Waals surface area contributed by atoms with Gasteiger partial charge in [0.2, 0.25) is 11.7 Å². The molecule has 1 aromatic carbocycles. The predicted octanol–water partition coefficient (Wildman–Crippen LogP) is 4.87. The number of nitrogens with zero attached hydrogens (tertiary/aromatic N) is 3. The van der Waals surface area contributed by atoms with Crippen LogP contribution < -0.4 is 5.32 Å². The molecule has 0 aliphatic carbocycles. The molecule has 0 saturated heterocycles. The molecule has 0 aliphatic heterocycles. The summed E-state index contributed by atoms with van der Waals surface area (Å²) in [6.45, 7) is 3.89. The summed E-state index contributed by atoms with van der Waals surface area (Å²) >= 11 is 1.14. The number of anilines is 1. The van der Waals surface area contributed by atoms with E-state index in [1.54, 1.807) is 12.1 Å². The van der Waals surface area contributed by atoms with Crippen molar-refractivity contribution in [1.29, 1.82) is 0 Å². The Balaban J connectivity index is 1.69. The van der Waals surface area contributed by atoms with Crippen LogP contribution in [0.5, 0.6) is 0 Å². The summed E-state index contributed by atoms with van der Waals surface area (Å²) in [5, 5.41) is 11.2. The van der Waals surface area contributed by atoms with Gasteiger partial charge in [-0.05, 0) is 44.2 Å². The molecular weight excluding hydrogens is 393 g/mol. The molecule has 3 rings (SSSR count). The van der Waals surface area contributed by atoms with Gasteiger partial charge in [-0.3, -0.25) is 9.36 Å². The maximum atomic E-state index is 12.8. The highest BCUT2D eigenvalue weighted by Gasteiger charge is 2.30. The summed E-state index contributed by atoms with van der Waals surface area (Å²) in [6, 6.07) is 8.02. The first-order valence-electron chi connectivity index (χ1n) is 8.34. The molecule has 0 radical (unpaired) electrons. The van der Waals surface area contributed by atoms with Crippen LogP contribution in [0.4, 0.5) is 18.9 Å². The number of benzene rings is 1. The lowest BCUT2D eigenvalue weighted by Gasteiger charge is -2.13. The van der Waals surface area contributed by atoms with Crippen molar-refractivity contribution in [1.82, 2.24) is 14.8 Å². The van der Waals surface area contributed by atoms with Gasteiger partial charge in [0.1, 0.15) is 0 Å². The molecule has 0 aliphatic rings. The molecular formula is C18H17F3N4O2S. The summed E-state index contributed by atoms with van der Waals surface area (Å²) in [5.41, 5.74) is -0.734. The second kappa shape index (κ2) is 8.09. The zero-order valence-electron chi connectivity index (χ0n) is 15.0. The highest BCUT2D eigenvalue weighted by molar-refractivity contribution is 7.99. The normalized spacial score (nSPS) is 11.8. The molecule has 0 atom stereocenters. The molecule has 3 aromatic rings. The zero-order valence-corrected chi connectivity index (χ0v) is 15.8. The van der Waals surface area contributed by atoms with Gasteiger partial charge in [-0.1, -0.05) is 17.8 Å². The number of furan rings is 1. The van der Waals surface area contributed by atoms with E-state index in [4.69, 9.17) is 4.42 Å². The molecule has 28 heavy (non-hydrogen) atoms. The topological polar surface area (TPSA) is 73.0 Å². The number of aromatic nitrogens is 3. The number of carbonyl (C=O) groups excluding carboxylic acids is 1. The second-order valence-corrected chi connectivity index (χ2v) is 7.11. The Labute approximate surface area is 163 Å². The van der Waals surface area contributed by atoms with E-state index in [0.29, 0.717) is 16.7 Å². The van der Waals surface area contributed by atoms with E-state index in [0.717, 1.165) is 23.9 Å². The highest BCUT2D eigenvalue weighted by Crippen LogP contribution is 2.31. The van der Waals surface area contributed by atoms with E-state index < -0.39 is 17.6 Å². The Bertz CT molecular complexity index is 952. The van der Waals surface area contributed by atoms with E-state index in [-0.39, 0.29) is 17.5 Å². The zero-order chi connectivity index (χ0) is 20.3. The summed E-state index contributed by atoms with van der Waals surface area (Å²) in [4.78, 5) is 12.2. The van der Waals surface area contributed by atoms with Crippen molar-refractivity contribution in [2.24, 2.45) is 0 Å². The number of alkyl halides is 3. The third-order valence-electron chi connectivity index (χ3n) is 3.73. The molecule has 148 valence electrons. The molecule has 0 saturated carbocycles. The number of halogens is 3. The Morgan fingerprint density at radius 3 is 2.68 bits per heavy atom. The maximum Gasteiger partial charge on any atom is 0.416 e. The SMILES string of the molecule is CC(C)n1c(SCC(=O)Nc2cccc(C(F)(F)F)c2)nnc1-c1ccco1. The van der Waals surface area contributed by atoms with Gasteiger partial charge in [0.05, 0.1) is 17.6 Å². The third-order valence-corrected chi connectivity index (χ3v) is 4.67. The smallest absolute Gasteiger partial charge is 0.416 e. The monoisotopic (exact) mass is 410 g/mol. The summed E-state index contributed by atoms with van der Waals surface area (Å²) in [6.07, 6.45) is -2.94. The number of hydrogen-bond acceptors (Lipinski definition) is 5. The first-order chi connectivity index (χ1) is 13.3. The molecule has 10 heteroatoms. The fourth-order valence-electron chi connectivity index (χ4n) is 2.52. The Kier molecular flexibility index (Phi) is 5.78. The molecule has 1 amide bonds. The van der Waals surface area contributed by atoms with Gasteiger partial charge < -0.3 is 9.73 Å². The van der Waals surface area contributed by atoms with Crippen molar-refractivity contribution < 1.29 is 22.4 Å². The van der Waals surface area contributed by atoms with Crippen LogP contribution >= 0.6 is 11.8 Å². The molecule has 2 aromatic heterocycles. The molecule has 1 N–H and O–H groups in total. The molecule has 0 unspecified atom stereocenters. The minimum Gasteiger partial charge on any atom is -0.461 e. The van der Waals surface area contributed by atoms with Gasteiger partial charge in [0.15, 0.2) is 10.9 Å². The second-order valence-electron chi connectivity index (χ2n) is 6.16. The molecule has 0 bridgehead atoms. The minimum atomic E-state index is -4.47. The predicted molar refractivity (Wildman–Crippen MR) is 98.9 cm³/mol. The van der Waals surface area contributed by atoms with Gasteiger partial charge in [-0.2, -0.15) is 13.2 Å². The summed E-state index contributed by atoms with van der Waals surface area (Å²) in [7, 11) is 0. The fraction of sp³-hybridized carbons (Fsp3) is 0.278. The molecule has 6 nitrogen and oxygen atoms in total. The van der Waals surface area contributed by atoms with E-state index >= 15 is 0 Å². The van der Waals surface area contributed by atoms with Gasteiger partial charge in [-0.25, -0.2) is 0 Å². The average Bonchev–Trinajstić information content (AvgIpc) is 3.28. The van der Waals surface area contributed by atoms with Crippen molar-refractivity contribution in [3.05, 3.63) is 48.2 Å². The van der Waals surface area contributed by atoms with E-state index in [2.05, 4.69) is 15.5 Å². The Morgan fingerprint density at radius 1 is 1.25 bits per heavy atom. The quantitative estimate of drug-likeness (QED) is 0.587. The standard InChI is InChI=1S/C18H17F3N4O2S/c1-11(2)25-16(14-7-4-8-27-14)23-24-17(25)28-10-15(26)22-13-6-3-5-12(9-13)18(19,20)21/h3-9,11H,10H2,1-2H3,(H,22,26). The lowest BCUT2D eigenvalue weighted by molar-refractivity contribution is -0.137. The van der Waals surface area contributed by atoms with E-state index in [1.807, 2.05) is 18.4 Å². The number of carbonyl (C=O) groups is 1. The average molecular weight is 410 g/mol. The summed E-state index contributed by atoms with van der Waals surface area (Å²) < 4.78 is 45.5. The number of rotatable bonds is 6. The van der Waals surface area contributed by atoms with Crippen LogP contribution in [0.2, 0.25) is 0 Å². The van der Waals surface area contributed by atoms with E-state index in [1.165, 1.54) is 18.4 Å². The number of amides is 1. The van der Waals surface area contributed by atoms with Gasteiger partial charge in [0.25, 0.3) is 0 Å². The van der Waals surface area contributed by atoms with Crippen molar-refractivity contribution in [2.75, 3.05) is 11.1 Å². The maximum absolute atomic E-state index is 12.8. The van der Waals surface area contributed by atoms with Crippen LogP contribution in [0.25, 0.3) is 11.6 Å². The summed E-state index contributed by atoms with van der Waals surface area (Å²) in [5.74, 6) is 0.628. The number of thioether (sulfide) groups is 1. The van der Waals surface area contributed by atoms with Crippen LogP contribution in [0.15, 0.2) is 52.2 Å². The van der Waals surface area contributed by atoms with Crippen molar-refractivity contribution in [3.8, 4) is 11.6 Å². The largest absolute Gasteiger partial charge is 0.461 e. The van der Waals surface area contributed by atoms with Crippen LogP contribution in [-0.2, 0) is 11.0 Å².